The number of nitrogens with one attached hydrogen (secondary N) is 1. The molecule has 6 heteroatoms. The summed E-state index contributed by atoms with van der Waals surface area (Å²) in [4.78, 5) is 25.4. The van der Waals surface area contributed by atoms with Gasteiger partial charge >= 0.3 is 11.9 Å². The van der Waals surface area contributed by atoms with E-state index in [0.29, 0.717) is 22.2 Å². The van der Waals surface area contributed by atoms with Crippen molar-refractivity contribution in [1.82, 2.24) is 4.98 Å². The summed E-state index contributed by atoms with van der Waals surface area (Å²) in [6, 6.07) is 5.27. The first-order valence-electron chi connectivity index (χ1n) is 5.76. The molecule has 104 valence electrons. The van der Waals surface area contributed by atoms with Gasteiger partial charge < -0.3 is 19.6 Å². The number of methoxy groups -OCH3 is 2. The van der Waals surface area contributed by atoms with Crippen molar-refractivity contribution in [2.45, 2.75) is 0 Å². The Labute approximate surface area is 114 Å². The number of rotatable bonds is 4. The molecule has 2 rings (SSSR count). The summed E-state index contributed by atoms with van der Waals surface area (Å²) in [5.41, 5.74) is 1.27. The number of ether oxygens (including phenoxy) is 2. The van der Waals surface area contributed by atoms with Crippen LogP contribution in [0.3, 0.4) is 0 Å². The molecule has 20 heavy (non-hydrogen) atoms. The Morgan fingerprint density at radius 3 is 2.65 bits per heavy atom. The van der Waals surface area contributed by atoms with Crippen LogP contribution in [-0.2, 0) is 9.53 Å². The predicted octanol–water partition coefficient (Wildman–Crippen LogP) is 2.06. The molecular weight excluding hydrogens is 262 g/mol. The molecule has 0 bridgehead atoms. The number of H-pyrrole nitrogens is 1. The molecule has 0 spiro atoms. The molecule has 1 heterocycles. The van der Waals surface area contributed by atoms with Gasteiger partial charge in [-0.1, -0.05) is 6.07 Å². The van der Waals surface area contributed by atoms with E-state index in [1.54, 1.807) is 18.2 Å². The average Bonchev–Trinajstić information content (AvgIpc) is 2.82. The second-order valence-corrected chi connectivity index (χ2v) is 3.96. The van der Waals surface area contributed by atoms with Gasteiger partial charge in [-0.15, -0.1) is 0 Å². The number of carbonyl (C=O) groups excluding carboxylic acids is 1. The van der Waals surface area contributed by atoms with E-state index in [0.717, 1.165) is 6.08 Å². The highest BCUT2D eigenvalue weighted by Crippen LogP contribution is 2.32. The third kappa shape index (κ3) is 2.35. The Balaban J connectivity index is 2.76. The SMILES string of the molecule is COC(=O)c1[nH]c2cccc(OC)c2c1/C=C\C(=O)O. The number of esters is 1. The first-order valence-corrected chi connectivity index (χ1v) is 5.76. The third-order valence-corrected chi connectivity index (χ3v) is 2.83. The van der Waals surface area contributed by atoms with Crippen LogP contribution in [0.15, 0.2) is 24.3 Å². The van der Waals surface area contributed by atoms with Gasteiger partial charge in [0.25, 0.3) is 0 Å². The van der Waals surface area contributed by atoms with Gasteiger partial charge in [-0.05, 0) is 18.2 Å². The molecule has 2 aromatic rings. The van der Waals surface area contributed by atoms with E-state index in [1.807, 2.05) is 0 Å². The number of aromatic amines is 1. The Kier molecular flexibility index (Phi) is 3.74. The quantitative estimate of drug-likeness (QED) is 0.658. The zero-order valence-corrected chi connectivity index (χ0v) is 11.0. The highest BCUT2D eigenvalue weighted by molar-refractivity contribution is 6.06. The van der Waals surface area contributed by atoms with Gasteiger partial charge in [0.15, 0.2) is 0 Å². The summed E-state index contributed by atoms with van der Waals surface area (Å²) in [5.74, 6) is -1.14. The number of aromatic nitrogens is 1. The second kappa shape index (κ2) is 5.48. The maximum atomic E-state index is 11.8. The number of fused-ring (bicyclic) bond motifs is 1. The van der Waals surface area contributed by atoms with Crippen LogP contribution in [0.2, 0.25) is 0 Å². The first kappa shape index (κ1) is 13.7. The van der Waals surface area contributed by atoms with Crippen molar-refractivity contribution in [3.05, 3.63) is 35.5 Å². The Morgan fingerprint density at radius 1 is 1.30 bits per heavy atom. The number of carboxylic acid groups (broad SMARTS) is 1. The van der Waals surface area contributed by atoms with Crippen molar-refractivity contribution in [3.63, 3.8) is 0 Å². The molecule has 0 fully saturated rings. The fourth-order valence-electron chi connectivity index (χ4n) is 1.99. The van der Waals surface area contributed by atoms with Gasteiger partial charge in [0, 0.05) is 17.0 Å². The van der Waals surface area contributed by atoms with Crippen molar-refractivity contribution in [2.24, 2.45) is 0 Å². The van der Waals surface area contributed by atoms with Gasteiger partial charge in [0.05, 0.1) is 19.7 Å². The number of benzene rings is 1. The van der Waals surface area contributed by atoms with Gasteiger partial charge in [-0.3, -0.25) is 0 Å². The molecule has 0 atom stereocenters. The average molecular weight is 275 g/mol. The van der Waals surface area contributed by atoms with Crippen LogP contribution in [0.4, 0.5) is 0 Å². The lowest BCUT2D eigenvalue weighted by Crippen LogP contribution is -2.03. The van der Waals surface area contributed by atoms with E-state index in [1.165, 1.54) is 20.3 Å². The lowest BCUT2D eigenvalue weighted by atomic mass is 10.1. The predicted molar refractivity (Wildman–Crippen MR) is 72.9 cm³/mol. The van der Waals surface area contributed by atoms with Gasteiger partial charge in [0.2, 0.25) is 0 Å². The van der Waals surface area contributed by atoms with Crippen LogP contribution in [0.25, 0.3) is 17.0 Å². The molecule has 0 unspecified atom stereocenters. The second-order valence-electron chi connectivity index (χ2n) is 3.96. The van der Waals surface area contributed by atoms with E-state index < -0.39 is 11.9 Å². The van der Waals surface area contributed by atoms with Crippen LogP contribution >= 0.6 is 0 Å². The topological polar surface area (TPSA) is 88.6 Å². The summed E-state index contributed by atoms with van der Waals surface area (Å²) >= 11 is 0. The van der Waals surface area contributed by atoms with Crippen molar-refractivity contribution < 1.29 is 24.2 Å². The van der Waals surface area contributed by atoms with Crippen LogP contribution in [-0.4, -0.2) is 36.2 Å². The molecule has 0 aliphatic rings. The van der Waals surface area contributed by atoms with E-state index in [2.05, 4.69) is 4.98 Å². The molecule has 0 aliphatic carbocycles. The highest BCUT2D eigenvalue weighted by atomic mass is 16.5. The molecule has 1 aromatic heterocycles. The van der Waals surface area contributed by atoms with Gasteiger partial charge in [-0.2, -0.15) is 0 Å². The summed E-state index contributed by atoms with van der Waals surface area (Å²) in [6.07, 6.45) is 2.30. The Morgan fingerprint density at radius 2 is 2.05 bits per heavy atom. The summed E-state index contributed by atoms with van der Waals surface area (Å²) in [5, 5.41) is 9.39. The van der Waals surface area contributed by atoms with Crippen molar-refractivity contribution in [3.8, 4) is 5.75 Å². The molecule has 0 radical (unpaired) electrons. The lowest BCUT2D eigenvalue weighted by Gasteiger charge is -2.02. The summed E-state index contributed by atoms with van der Waals surface area (Å²) < 4.78 is 9.94. The van der Waals surface area contributed by atoms with Crippen molar-refractivity contribution in [2.75, 3.05) is 14.2 Å². The van der Waals surface area contributed by atoms with Crippen LogP contribution in [0.5, 0.6) is 5.75 Å². The molecule has 0 amide bonds. The summed E-state index contributed by atoms with van der Waals surface area (Å²) in [7, 11) is 2.76. The van der Waals surface area contributed by atoms with E-state index in [4.69, 9.17) is 14.6 Å². The standard InChI is InChI=1S/C14H13NO5/c1-19-10-5-3-4-9-12(10)8(6-7-11(16)17)13(15-9)14(18)20-2/h3-7,15H,1-2H3,(H,16,17)/b7-6-. The third-order valence-electron chi connectivity index (χ3n) is 2.83. The molecular formula is C14H13NO5. The molecule has 2 N–H and O–H groups in total. The maximum Gasteiger partial charge on any atom is 0.355 e. The molecule has 0 aliphatic heterocycles. The lowest BCUT2D eigenvalue weighted by molar-refractivity contribution is -0.131. The zero-order chi connectivity index (χ0) is 14.7. The molecule has 0 saturated carbocycles. The Bertz CT molecular complexity index is 699. The van der Waals surface area contributed by atoms with Crippen molar-refractivity contribution in [1.29, 1.82) is 0 Å². The smallest absolute Gasteiger partial charge is 0.355 e. The molecule has 6 nitrogen and oxygen atoms in total. The molecule has 1 aromatic carbocycles. The number of carboxylic acids is 1. The minimum absolute atomic E-state index is 0.185. The number of aliphatic carboxylic acids is 1. The zero-order valence-electron chi connectivity index (χ0n) is 11.0. The van der Waals surface area contributed by atoms with E-state index in [-0.39, 0.29) is 5.69 Å². The van der Waals surface area contributed by atoms with Crippen LogP contribution < -0.4 is 4.74 Å². The first-order chi connectivity index (χ1) is 9.58. The minimum atomic E-state index is -1.11. The fourth-order valence-corrected chi connectivity index (χ4v) is 1.99. The van der Waals surface area contributed by atoms with Gasteiger partial charge in [0.1, 0.15) is 11.4 Å². The monoisotopic (exact) mass is 275 g/mol. The van der Waals surface area contributed by atoms with Crippen LogP contribution in [0.1, 0.15) is 16.1 Å². The van der Waals surface area contributed by atoms with Crippen molar-refractivity contribution >= 4 is 28.9 Å². The number of hydrogen-bond acceptors (Lipinski definition) is 4. The fraction of sp³-hybridized carbons (Fsp3) is 0.143. The summed E-state index contributed by atoms with van der Waals surface area (Å²) in [6.45, 7) is 0. The number of carbonyl (C=O) groups is 2. The minimum Gasteiger partial charge on any atom is -0.496 e. The number of hydrogen-bond donors (Lipinski definition) is 2. The maximum absolute atomic E-state index is 11.8. The Hall–Kier alpha value is -2.76. The van der Waals surface area contributed by atoms with Gasteiger partial charge in [-0.25, -0.2) is 9.59 Å². The van der Waals surface area contributed by atoms with E-state index >= 15 is 0 Å². The largest absolute Gasteiger partial charge is 0.496 e. The molecule has 0 saturated heterocycles. The normalized spacial score (nSPS) is 10.9. The highest BCUT2D eigenvalue weighted by Gasteiger charge is 2.19. The van der Waals surface area contributed by atoms with Crippen LogP contribution in [0, 0.1) is 0 Å². The van der Waals surface area contributed by atoms with E-state index in [9.17, 15) is 9.59 Å².